The van der Waals surface area contributed by atoms with E-state index in [0.29, 0.717) is 12.0 Å². The number of halogens is 1. The maximum absolute atomic E-state index is 4.76. The van der Waals surface area contributed by atoms with E-state index in [-0.39, 0.29) is 0 Å². The molecule has 0 amide bonds. The third-order valence-electron chi connectivity index (χ3n) is 4.16. The molecule has 1 aromatic heterocycles. The molecule has 0 bridgehead atoms. The second-order valence-electron chi connectivity index (χ2n) is 5.86. The molecule has 0 unspecified atom stereocenters. The fraction of sp³-hybridized carbons (Fsp3) is 0.714. The van der Waals surface area contributed by atoms with E-state index in [1.54, 1.807) is 0 Å². The van der Waals surface area contributed by atoms with E-state index < -0.39 is 0 Å². The minimum absolute atomic E-state index is 0.607. The molecule has 0 atom stereocenters. The van der Waals surface area contributed by atoms with E-state index in [1.165, 1.54) is 25.7 Å². The van der Waals surface area contributed by atoms with Crippen LogP contribution in [0.2, 0.25) is 0 Å². The number of nitrogens with zero attached hydrogens (tertiary/aromatic N) is 4. The molecule has 5 heteroatoms. The van der Waals surface area contributed by atoms with Gasteiger partial charge in [-0.15, -0.1) is 0 Å². The van der Waals surface area contributed by atoms with Crippen LogP contribution in [0.4, 0.5) is 5.82 Å². The number of piperidine rings is 1. The Bertz CT molecular complexity index is 451. The van der Waals surface area contributed by atoms with E-state index in [4.69, 9.17) is 4.98 Å². The number of hydrogen-bond acceptors (Lipinski definition) is 4. The van der Waals surface area contributed by atoms with Gasteiger partial charge in [0.1, 0.15) is 16.2 Å². The minimum atomic E-state index is 0.607. The maximum atomic E-state index is 4.76. The summed E-state index contributed by atoms with van der Waals surface area (Å²) in [5.74, 6) is 2.73. The van der Waals surface area contributed by atoms with Gasteiger partial charge >= 0.3 is 0 Å². The third-order valence-corrected chi connectivity index (χ3v) is 4.57. The summed E-state index contributed by atoms with van der Waals surface area (Å²) < 4.78 is 0.925. The summed E-state index contributed by atoms with van der Waals surface area (Å²) in [4.78, 5) is 14.0. The highest BCUT2D eigenvalue weighted by molar-refractivity contribution is 9.10. The highest BCUT2D eigenvalue weighted by Crippen LogP contribution is 2.39. The predicted molar refractivity (Wildman–Crippen MR) is 80.6 cm³/mol. The first-order valence-electron chi connectivity index (χ1n) is 7.09. The molecule has 104 valence electrons. The van der Waals surface area contributed by atoms with Crippen molar-refractivity contribution in [2.24, 2.45) is 0 Å². The zero-order chi connectivity index (χ0) is 13.4. The molecule has 2 fully saturated rings. The summed E-state index contributed by atoms with van der Waals surface area (Å²) in [6, 6.07) is 2.77. The van der Waals surface area contributed by atoms with E-state index in [1.807, 2.05) is 0 Å². The first-order valence-corrected chi connectivity index (χ1v) is 7.88. The van der Waals surface area contributed by atoms with Gasteiger partial charge in [-0.05, 0) is 55.7 Å². The predicted octanol–water partition coefficient (Wildman–Crippen LogP) is 2.65. The molecule has 1 aromatic rings. The summed E-state index contributed by atoms with van der Waals surface area (Å²) in [6.07, 6.45) is 4.93. The van der Waals surface area contributed by atoms with Crippen molar-refractivity contribution in [3.05, 3.63) is 16.5 Å². The average molecular weight is 325 g/mol. The van der Waals surface area contributed by atoms with Crippen molar-refractivity contribution in [2.75, 3.05) is 32.1 Å². The molecule has 0 spiro atoms. The molecular formula is C14H21BrN4. The van der Waals surface area contributed by atoms with Crippen molar-refractivity contribution in [2.45, 2.75) is 37.6 Å². The van der Waals surface area contributed by atoms with Crippen LogP contribution in [0, 0.1) is 0 Å². The summed E-state index contributed by atoms with van der Waals surface area (Å²) in [6.45, 7) is 2.19. The quantitative estimate of drug-likeness (QED) is 0.800. The van der Waals surface area contributed by atoms with Gasteiger partial charge in [-0.25, -0.2) is 9.97 Å². The van der Waals surface area contributed by atoms with Crippen molar-refractivity contribution in [1.82, 2.24) is 14.9 Å². The summed E-state index contributed by atoms with van der Waals surface area (Å²) in [5.41, 5.74) is 0. The van der Waals surface area contributed by atoms with E-state index in [9.17, 15) is 0 Å². The minimum Gasteiger partial charge on any atom is -0.356 e. The van der Waals surface area contributed by atoms with E-state index in [0.717, 1.165) is 29.3 Å². The Morgan fingerprint density at radius 1 is 1.16 bits per heavy atom. The van der Waals surface area contributed by atoms with Gasteiger partial charge in [-0.3, -0.25) is 0 Å². The van der Waals surface area contributed by atoms with Gasteiger partial charge in [-0.1, -0.05) is 0 Å². The van der Waals surface area contributed by atoms with Gasteiger partial charge in [0, 0.05) is 31.1 Å². The molecule has 1 saturated heterocycles. The van der Waals surface area contributed by atoms with Crippen molar-refractivity contribution < 1.29 is 0 Å². The fourth-order valence-corrected chi connectivity index (χ4v) is 3.11. The first kappa shape index (κ1) is 13.3. The van der Waals surface area contributed by atoms with Crippen molar-refractivity contribution in [3.8, 4) is 0 Å². The van der Waals surface area contributed by atoms with Crippen LogP contribution in [0.25, 0.3) is 0 Å². The zero-order valence-corrected chi connectivity index (χ0v) is 13.2. The molecule has 0 N–H and O–H groups in total. The van der Waals surface area contributed by atoms with Gasteiger partial charge < -0.3 is 9.80 Å². The van der Waals surface area contributed by atoms with Gasteiger partial charge in [0.2, 0.25) is 0 Å². The number of aromatic nitrogens is 2. The Labute approximate surface area is 123 Å². The molecule has 2 heterocycles. The molecular weight excluding hydrogens is 304 g/mol. The lowest BCUT2D eigenvalue weighted by Gasteiger charge is -2.35. The number of anilines is 1. The van der Waals surface area contributed by atoms with Crippen molar-refractivity contribution >= 4 is 21.7 Å². The van der Waals surface area contributed by atoms with E-state index >= 15 is 0 Å². The first-order chi connectivity index (χ1) is 9.13. The molecule has 1 aliphatic carbocycles. The lowest BCUT2D eigenvalue weighted by atomic mass is 10.0. The van der Waals surface area contributed by atoms with Crippen molar-refractivity contribution in [1.29, 1.82) is 0 Å². The summed E-state index contributed by atoms with van der Waals surface area (Å²) in [5, 5.41) is 0. The molecule has 1 aliphatic heterocycles. The smallest absolute Gasteiger partial charge is 0.135 e. The molecule has 0 radical (unpaired) electrons. The molecule has 19 heavy (non-hydrogen) atoms. The largest absolute Gasteiger partial charge is 0.356 e. The van der Waals surface area contributed by atoms with Crippen LogP contribution in [-0.2, 0) is 0 Å². The Kier molecular flexibility index (Phi) is 3.76. The Hall–Kier alpha value is -0.680. The summed E-state index contributed by atoms with van der Waals surface area (Å²) in [7, 11) is 4.35. The normalized spacial score (nSPS) is 21.2. The van der Waals surface area contributed by atoms with Crippen LogP contribution >= 0.6 is 15.9 Å². The van der Waals surface area contributed by atoms with Crippen LogP contribution in [0.3, 0.4) is 0 Å². The van der Waals surface area contributed by atoms with Gasteiger partial charge in [0.05, 0.1) is 0 Å². The van der Waals surface area contributed by atoms with Crippen LogP contribution in [0.5, 0.6) is 0 Å². The number of hydrogen-bond donors (Lipinski definition) is 0. The van der Waals surface area contributed by atoms with Gasteiger partial charge in [-0.2, -0.15) is 0 Å². The standard InChI is InChI=1S/C14H21BrN4/c1-18(2)11-5-7-19(8-6-11)13-9-12(15)16-14(17-13)10-3-4-10/h9-11H,3-8H2,1-2H3. The SMILES string of the molecule is CN(C)C1CCN(c2cc(Br)nc(C3CC3)n2)CC1. The lowest BCUT2D eigenvalue weighted by molar-refractivity contribution is 0.249. The Balaban J connectivity index is 1.72. The lowest BCUT2D eigenvalue weighted by Crippen LogP contribution is -2.42. The molecule has 0 aromatic carbocycles. The molecule has 1 saturated carbocycles. The molecule has 3 rings (SSSR count). The fourth-order valence-electron chi connectivity index (χ4n) is 2.72. The monoisotopic (exact) mass is 324 g/mol. The second-order valence-corrected chi connectivity index (χ2v) is 6.68. The molecule has 4 nitrogen and oxygen atoms in total. The second kappa shape index (κ2) is 5.37. The molecule has 2 aliphatic rings. The number of rotatable bonds is 3. The van der Waals surface area contributed by atoms with Gasteiger partial charge in [0.15, 0.2) is 0 Å². The Morgan fingerprint density at radius 3 is 2.42 bits per heavy atom. The highest BCUT2D eigenvalue weighted by atomic mass is 79.9. The van der Waals surface area contributed by atoms with Crippen molar-refractivity contribution in [3.63, 3.8) is 0 Å². The zero-order valence-electron chi connectivity index (χ0n) is 11.6. The maximum Gasteiger partial charge on any atom is 0.135 e. The topological polar surface area (TPSA) is 32.3 Å². The van der Waals surface area contributed by atoms with Crippen LogP contribution < -0.4 is 4.90 Å². The van der Waals surface area contributed by atoms with Crippen LogP contribution in [0.15, 0.2) is 10.7 Å². The van der Waals surface area contributed by atoms with Gasteiger partial charge in [0.25, 0.3) is 0 Å². The average Bonchev–Trinajstić information content (AvgIpc) is 3.22. The summed E-state index contributed by atoms with van der Waals surface area (Å²) >= 11 is 3.52. The van der Waals surface area contributed by atoms with Crippen LogP contribution in [-0.4, -0.2) is 48.1 Å². The van der Waals surface area contributed by atoms with Crippen LogP contribution in [0.1, 0.15) is 37.4 Å². The Morgan fingerprint density at radius 2 is 1.84 bits per heavy atom. The highest BCUT2D eigenvalue weighted by Gasteiger charge is 2.28. The third kappa shape index (κ3) is 3.08. The van der Waals surface area contributed by atoms with E-state index in [2.05, 4.69) is 50.9 Å².